The van der Waals surface area contributed by atoms with E-state index in [0.29, 0.717) is 25.0 Å². The zero-order valence-corrected chi connectivity index (χ0v) is 48.8. The van der Waals surface area contributed by atoms with Crippen molar-refractivity contribution in [3.05, 3.63) is 181 Å². The minimum atomic E-state index is -4.60. The van der Waals surface area contributed by atoms with E-state index >= 15 is 0 Å². The van der Waals surface area contributed by atoms with E-state index in [1.54, 1.807) is 0 Å². The molecule has 0 amide bonds. The van der Waals surface area contributed by atoms with Gasteiger partial charge in [0, 0.05) is 11.8 Å². The van der Waals surface area contributed by atoms with E-state index in [-0.39, 0.29) is 105 Å². The molecule has 0 saturated carbocycles. The van der Waals surface area contributed by atoms with E-state index < -0.39 is 55.9 Å². The van der Waals surface area contributed by atoms with Gasteiger partial charge in [0.05, 0.1) is 59.4 Å². The van der Waals surface area contributed by atoms with Gasteiger partial charge in [-0.3, -0.25) is 9.59 Å². The van der Waals surface area contributed by atoms with E-state index in [4.69, 9.17) is 28.4 Å². The summed E-state index contributed by atoms with van der Waals surface area (Å²) in [6.07, 6.45) is -0.822. The number of fused-ring (bicyclic) bond motifs is 2. The molecule has 0 spiro atoms. The molecule has 6 heterocycles. The Labute approximate surface area is 482 Å². The van der Waals surface area contributed by atoms with Gasteiger partial charge in [0.2, 0.25) is 0 Å². The summed E-state index contributed by atoms with van der Waals surface area (Å²) in [5.41, 5.74) is 2.61. The summed E-state index contributed by atoms with van der Waals surface area (Å²) in [6.45, 7) is 5.43. The molecule has 6 aromatic carbocycles. The van der Waals surface area contributed by atoms with Crippen LogP contribution in [0.1, 0.15) is 24.0 Å². The smallest absolute Gasteiger partial charge is 1.00 e. The van der Waals surface area contributed by atoms with E-state index in [1.165, 1.54) is 40.5 Å². The summed E-state index contributed by atoms with van der Waals surface area (Å²) in [6, 6.07) is 60.8. The number of hydrogen-bond donors (Lipinski definition) is 0. The van der Waals surface area contributed by atoms with Gasteiger partial charge in [-0.25, -0.2) is 16.8 Å². The number of halogens is 1. The molecule has 396 valence electrons. The maximum absolute atomic E-state index is 11.3. The molecule has 10 atom stereocenters. The van der Waals surface area contributed by atoms with Gasteiger partial charge in [0.25, 0.3) is 0 Å². The largest absolute Gasteiger partial charge is 1.00 e. The third kappa shape index (κ3) is 15.3. The van der Waals surface area contributed by atoms with Crippen LogP contribution in [0.3, 0.4) is 0 Å². The number of rotatable bonds is 12. The van der Waals surface area contributed by atoms with Crippen molar-refractivity contribution in [3.63, 3.8) is 0 Å². The van der Waals surface area contributed by atoms with Crippen LogP contribution in [0.15, 0.2) is 199 Å². The summed E-state index contributed by atoms with van der Waals surface area (Å²) >= 11 is 0. The molecule has 6 aromatic rings. The maximum atomic E-state index is 11.3. The van der Waals surface area contributed by atoms with E-state index in [9.17, 15) is 35.5 Å². The Hall–Kier alpha value is -3.90. The molecule has 14 nitrogen and oxygen atoms in total. The fourth-order valence-corrected chi connectivity index (χ4v) is 14.9. The van der Waals surface area contributed by atoms with Crippen LogP contribution >= 0.6 is 0 Å². The third-order valence-corrected chi connectivity index (χ3v) is 18.9. The summed E-state index contributed by atoms with van der Waals surface area (Å²) in [7, 11) is -9.24. The molecule has 6 saturated heterocycles. The topological polar surface area (TPSA) is 204 Å². The van der Waals surface area contributed by atoms with E-state index in [0.717, 1.165) is 12.8 Å². The first-order valence-electron chi connectivity index (χ1n) is 24.2. The van der Waals surface area contributed by atoms with Crippen molar-refractivity contribution in [2.24, 2.45) is 11.8 Å². The molecule has 0 aromatic heterocycles. The molecule has 0 aliphatic carbocycles. The van der Waals surface area contributed by atoms with Crippen molar-refractivity contribution in [2.45, 2.75) is 105 Å². The van der Waals surface area contributed by atoms with Crippen LogP contribution in [0.2, 0.25) is 0 Å². The second kappa shape index (κ2) is 26.8. The molecule has 76 heavy (non-hydrogen) atoms. The normalized spacial score (nSPS) is 24.9. The molecular weight excluding hydrogens is 1130 g/mol. The maximum Gasteiger partial charge on any atom is 1.00 e. The number of aryl methyl sites for hydroxylation is 2. The average molecular weight is 1180 g/mol. The predicted molar refractivity (Wildman–Crippen MR) is 274 cm³/mol. The number of ether oxygens (including phenoxy) is 6. The van der Waals surface area contributed by atoms with E-state index in [2.05, 4.69) is 184 Å². The number of carbonyl (C=O) groups is 2. The Bertz CT molecular complexity index is 2770. The minimum Gasteiger partial charge on any atom is -1.00 e. The van der Waals surface area contributed by atoms with Crippen molar-refractivity contribution in [3.8, 4) is 0 Å². The minimum absolute atomic E-state index is 0. The number of hydrogen-bond acceptors (Lipinski definition) is 14. The van der Waals surface area contributed by atoms with Crippen LogP contribution in [0, 0.1) is 25.7 Å². The molecule has 20 heteroatoms. The zero-order valence-electron chi connectivity index (χ0n) is 41.9. The Kier molecular flexibility index (Phi) is 21.1. The first kappa shape index (κ1) is 59.8. The van der Waals surface area contributed by atoms with Crippen LogP contribution in [0.25, 0.3) is 0 Å². The Morgan fingerprint density at radius 1 is 0.474 bits per heavy atom. The second-order valence-electron chi connectivity index (χ2n) is 18.7. The van der Waals surface area contributed by atoms with Crippen molar-refractivity contribution in [1.82, 2.24) is 0 Å². The molecule has 0 N–H and O–H groups in total. The van der Waals surface area contributed by atoms with Crippen molar-refractivity contribution >= 4 is 54.0 Å². The number of benzene rings is 6. The fourth-order valence-electron chi connectivity index (χ4n) is 10.0. The molecular formula is C56H56BrNaO14S4. The van der Waals surface area contributed by atoms with Gasteiger partial charge >= 0.3 is 41.5 Å². The molecule has 6 aliphatic rings. The predicted octanol–water partition coefficient (Wildman–Crippen LogP) is 1.45. The molecule has 0 radical (unpaired) electrons. The van der Waals surface area contributed by atoms with Gasteiger partial charge in [0.15, 0.2) is 41.6 Å². The first-order valence-corrected chi connectivity index (χ1v) is 29.8. The third-order valence-electron chi connectivity index (χ3n) is 13.3. The van der Waals surface area contributed by atoms with Crippen LogP contribution in [0.5, 0.6) is 0 Å². The summed E-state index contributed by atoms with van der Waals surface area (Å²) in [5.74, 6) is -3.65. The monoisotopic (exact) mass is 1180 g/mol. The Morgan fingerprint density at radius 3 is 1.03 bits per heavy atom. The van der Waals surface area contributed by atoms with Crippen molar-refractivity contribution in [2.75, 3.05) is 24.7 Å². The fraction of sp³-hybridized carbons (Fsp3) is 0.321. The van der Waals surface area contributed by atoms with Crippen molar-refractivity contribution < 1.29 is 110 Å². The average Bonchev–Trinajstić information content (AvgIpc) is 4.26. The molecule has 6 aliphatic heterocycles. The quantitative estimate of drug-likeness (QED) is 0.0738. The van der Waals surface area contributed by atoms with Crippen LogP contribution in [-0.4, -0.2) is 111 Å². The number of carbonyl (C=O) groups excluding carboxylic acids is 2. The van der Waals surface area contributed by atoms with Gasteiger partial charge in [-0.15, -0.1) is 0 Å². The van der Waals surface area contributed by atoms with Gasteiger partial charge in [0.1, 0.15) is 43.9 Å². The molecule has 12 rings (SSSR count). The Morgan fingerprint density at radius 2 is 0.750 bits per heavy atom. The Balaban J connectivity index is 0.000000147. The first-order chi connectivity index (χ1) is 35.6. The number of esters is 2. The summed E-state index contributed by atoms with van der Waals surface area (Å²) < 4.78 is 94.5. The van der Waals surface area contributed by atoms with Gasteiger partial charge in [-0.05, 0) is 99.5 Å². The van der Waals surface area contributed by atoms with Crippen LogP contribution < -0.4 is 46.5 Å². The SMILES string of the molecule is Cc1ccc([S+](c2ccccc2)c2ccccc2)cc1.Cc1ccc([S+](c2ccccc2)c2ccccc2)cc1.O=C(CS(=O)(=O)[O-])OC1C2CC3COC1C3O2.O=C(CS(=O)(=O)[O-])OC1C2CC3COC1C3O2.[Br-].[Na+]. The van der Waals surface area contributed by atoms with E-state index in [1.807, 2.05) is 0 Å². The van der Waals surface area contributed by atoms with Gasteiger partial charge < -0.3 is 54.5 Å². The second-order valence-corrected chi connectivity index (χ2v) is 25.5. The van der Waals surface area contributed by atoms with Crippen LogP contribution in [0.4, 0.5) is 0 Å². The molecule has 4 bridgehead atoms. The van der Waals surface area contributed by atoms with Gasteiger partial charge in [-0.2, -0.15) is 0 Å². The van der Waals surface area contributed by atoms with Crippen molar-refractivity contribution in [1.29, 1.82) is 0 Å². The summed E-state index contributed by atoms with van der Waals surface area (Å²) in [5, 5.41) is 0. The molecule has 10 unspecified atom stereocenters. The standard InChI is InChI=1S/2C19H17S.2C9H12O7S.BrH.Na/c2*1-16-12-14-19(15-13-16)20(17-8-4-2-5-9-17)18-10-6-3-7-11-18;2*10-6(3-17(11,12)13)16-8-5-1-4-2-14-9(8)7(4)15-5;;/h2*2-15H,1H3;2*4-5,7-9H,1-3H2,(H,11,12,13);1H;/q2*+1;;;;+1/p-3. The van der Waals surface area contributed by atoms with Gasteiger partial charge in [-0.1, -0.05) is 108 Å². The molecule has 6 fully saturated rings. The summed E-state index contributed by atoms with van der Waals surface area (Å²) in [4.78, 5) is 30.7. The zero-order chi connectivity index (χ0) is 52.0. The van der Waals surface area contributed by atoms with Crippen LogP contribution in [-0.2, 0) is 80.0 Å².